The average molecular weight is 134 g/mol. The van der Waals surface area contributed by atoms with Gasteiger partial charge in [0.1, 0.15) is 0 Å². The van der Waals surface area contributed by atoms with Crippen molar-refractivity contribution in [3.63, 3.8) is 0 Å². The fourth-order valence-corrected chi connectivity index (χ4v) is 1.27. The van der Waals surface area contributed by atoms with E-state index in [1.54, 1.807) is 5.57 Å². The molecular weight excluding hydrogens is 120 g/mol. The molecule has 0 radical (unpaired) electrons. The quantitative estimate of drug-likeness (QED) is 0.382. The molecule has 0 atom stereocenters. The predicted molar refractivity (Wildman–Crippen MR) is 44.6 cm³/mol. The molecule has 0 aliphatic heterocycles. The third kappa shape index (κ3) is 2.27. The third-order valence-corrected chi connectivity index (χ3v) is 1.88. The summed E-state index contributed by atoms with van der Waals surface area (Å²) in [5.74, 6) is 6.02. The molecule has 0 saturated heterocycles. The van der Waals surface area contributed by atoms with E-state index in [1.165, 1.54) is 25.7 Å². The van der Waals surface area contributed by atoms with Gasteiger partial charge in [-0.3, -0.25) is 0 Å². The van der Waals surface area contributed by atoms with Crippen molar-refractivity contribution < 1.29 is 0 Å². The minimum Gasteiger partial charge on any atom is -0.106 e. The second-order valence-corrected chi connectivity index (χ2v) is 2.71. The molecule has 0 amide bonds. The van der Waals surface area contributed by atoms with Gasteiger partial charge in [-0.05, 0) is 32.6 Å². The summed E-state index contributed by atoms with van der Waals surface area (Å²) in [5.41, 5.74) is 1.56. The van der Waals surface area contributed by atoms with Crippen molar-refractivity contribution in [1.29, 1.82) is 0 Å². The van der Waals surface area contributed by atoms with Crippen LogP contribution >= 0.6 is 0 Å². The molecule has 1 aliphatic carbocycles. The van der Waals surface area contributed by atoms with Gasteiger partial charge in [0.15, 0.2) is 0 Å². The lowest BCUT2D eigenvalue weighted by molar-refractivity contribution is 0.693. The average Bonchev–Trinajstić information content (AvgIpc) is 2.03. The Kier molecular flexibility index (Phi) is 3.09. The Labute approximate surface area is 63.3 Å². The van der Waals surface area contributed by atoms with Crippen LogP contribution in [0.1, 0.15) is 39.0 Å². The minimum absolute atomic E-state index is 1.01. The molecule has 54 valence electrons. The Morgan fingerprint density at radius 3 is 3.00 bits per heavy atom. The largest absolute Gasteiger partial charge is 0.106 e. The minimum atomic E-state index is 1.01. The second-order valence-electron chi connectivity index (χ2n) is 2.71. The number of rotatable bonds is 1. The molecule has 0 aromatic heterocycles. The molecule has 10 heavy (non-hydrogen) atoms. The Morgan fingerprint density at radius 2 is 2.40 bits per heavy atom. The summed E-state index contributed by atoms with van der Waals surface area (Å²) < 4.78 is 0. The van der Waals surface area contributed by atoms with E-state index in [1.807, 2.05) is 6.92 Å². The van der Waals surface area contributed by atoms with Gasteiger partial charge in [0.25, 0.3) is 0 Å². The Bertz CT molecular complexity index is 176. The first kappa shape index (κ1) is 7.41. The fourth-order valence-electron chi connectivity index (χ4n) is 1.27. The molecule has 0 bridgehead atoms. The van der Waals surface area contributed by atoms with Crippen LogP contribution in [0, 0.1) is 11.8 Å². The Hall–Kier alpha value is -0.700. The molecule has 0 unspecified atom stereocenters. The zero-order valence-electron chi connectivity index (χ0n) is 6.61. The molecule has 0 nitrogen and oxygen atoms in total. The molecule has 0 N–H and O–H groups in total. The lowest BCUT2D eigenvalue weighted by atomic mass is 9.98. The molecule has 0 heteroatoms. The van der Waals surface area contributed by atoms with Gasteiger partial charge >= 0.3 is 0 Å². The van der Waals surface area contributed by atoms with Gasteiger partial charge in [0, 0.05) is 6.42 Å². The summed E-state index contributed by atoms with van der Waals surface area (Å²) in [6.45, 7) is 1.91. The zero-order chi connectivity index (χ0) is 7.23. The molecule has 1 rings (SSSR count). The van der Waals surface area contributed by atoms with Crippen LogP contribution in [0.15, 0.2) is 11.6 Å². The van der Waals surface area contributed by atoms with E-state index in [0.29, 0.717) is 0 Å². The van der Waals surface area contributed by atoms with Crippen molar-refractivity contribution in [3.05, 3.63) is 11.6 Å². The number of allylic oxidation sites excluding steroid dienone is 2. The monoisotopic (exact) mass is 134 g/mol. The summed E-state index contributed by atoms with van der Waals surface area (Å²) in [5, 5.41) is 0. The molecule has 0 aromatic carbocycles. The van der Waals surface area contributed by atoms with E-state index in [9.17, 15) is 0 Å². The van der Waals surface area contributed by atoms with Crippen molar-refractivity contribution in [3.8, 4) is 11.8 Å². The van der Waals surface area contributed by atoms with E-state index in [-0.39, 0.29) is 0 Å². The van der Waals surface area contributed by atoms with Crippen LogP contribution < -0.4 is 0 Å². The first-order chi connectivity index (χ1) is 4.93. The summed E-state index contributed by atoms with van der Waals surface area (Å²) in [4.78, 5) is 0. The van der Waals surface area contributed by atoms with Crippen LogP contribution in [-0.2, 0) is 0 Å². The maximum Gasteiger partial charge on any atom is 0.0299 e. The van der Waals surface area contributed by atoms with Crippen LogP contribution in [0.3, 0.4) is 0 Å². The lowest BCUT2D eigenvalue weighted by Crippen LogP contribution is -1.89. The van der Waals surface area contributed by atoms with Crippen molar-refractivity contribution in [1.82, 2.24) is 0 Å². The third-order valence-electron chi connectivity index (χ3n) is 1.88. The van der Waals surface area contributed by atoms with Crippen molar-refractivity contribution in [2.24, 2.45) is 0 Å². The molecule has 0 heterocycles. The standard InChI is InChI=1S/C10H14/c1-2-3-7-10-8-5-4-6-9-10/h8H,4-7,9H2,1H3. The SMILES string of the molecule is CC#CCC1=CCCCC1. The Morgan fingerprint density at radius 1 is 1.50 bits per heavy atom. The van der Waals surface area contributed by atoms with Crippen molar-refractivity contribution in [2.75, 3.05) is 0 Å². The second kappa shape index (κ2) is 4.17. The molecule has 0 saturated carbocycles. The van der Waals surface area contributed by atoms with Crippen LogP contribution in [0.5, 0.6) is 0 Å². The fraction of sp³-hybridized carbons (Fsp3) is 0.600. The summed E-state index contributed by atoms with van der Waals surface area (Å²) in [6.07, 6.45) is 8.68. The van der Waals surface area contributed by atoms with Gasteiger partial charge < -0.3 is 0 Å². The van der Waals surface area contributed by atoms with E-state index in [2.05, 4.69) is 17.9 Å². The van der Waals surface area contributed by atoms with Crippen LogP contribution in [0.25, 0.3) is 0 Å². The smallest absolute Gasteiger partial charge is 0.0299 e. The van der Waals surface area contributed by atoms with E-state index < -0.39 is 0 Å². The molecular formula is C10H14. The van der Waals surface area contributed by atoms with E-state index in [4.69, 9.17) is 0 Å². The van der Waals surface area contributed by atoms with Crippen molar-refractivity contribution in [2.45, 2.75) is 39.0 Å². The summed E-state index contributed by atoms with van der Waals surface area (Å²) in [7, 11) is 0. The summed E-state index contributed by atoms with van der Waals surface area (Å²) >= 11 is 0. The van der Waals surface area contributed by atoms with E-state index >= 15 is 0 Å². The van der Waals surface area contributed by atoms with Gasteiger partial charge in [0.05, 0.1) is 0 Å². The number of hydrogen-bond donors (Lipinski definition) is 0. The van der Waals surface area contributed by atoms with Gasteiger partial charge in [0.2, 0.25) is 0 Å². The molecule has 0 fully saturated rings. The maximum atomic E-state index is 3.10. The van der Waals surface area contributed by atoms with Crippen LogP contribution in [0.2, 0.25) is 0 Å². The highest BCUT2D eigenvalue weighted by Gasteiger charge is 2.00. The highest BCUT2D eigenvalue weighted by Crippen LogP contribution is 2.19. The van der Waals surface area contributed by atoms with E-state index in [0.717, 1.165) is 6.42 Å². The van der Waals surface area contributed by atoms with Gasteiger partial charge in [-0.25, -0.2) is 0 Å². The molecule has 0 spiro atoms. The highest BCUT2D eigenvalue weighted by molar-refractivity contribution is 5.14. The first-order valence-corrected chi connectivity index (χ1v) is 4.01. The maximum absolute atomic E-state index is 3.10. The number of hydrogen-bond acceptors (Lipinski definition) is 0. The summed E-state index contributed by atoms with van der Waals surface area (Å²) in [6, 6.07) is 0. The highest BCUT2D eigenvalue weighted by atomic mass is 14.1. The zero-order valence-corrected chi connectivity index (χ0v) is 6.61. The van der Waals surface area contributed by atoms with Crippen LogP contribution in [-0.4, -0.2) is 0 Å². The Balaban J connectivity index is 2.36. The topological polar surface area (TPSA) is 0 Å². The van der Waals surface area contributed by atoms with Crippen molar-refractivity contribution >= 4 is 0 Å². The molecule has 0 aromatic rings. The van der Waals surface area contributed by atoms with Gasteiger partial charge in [-0.1, -0.05) is 17.6 Å². The van der Waals surface area contributed by atoms with Crippen LogP contribution in [0.4, 0.5) is 0 Å². The molecule has 1 aliphatic rings. The van der Waals surface area contributed by atoms with Gasteiger partial charge in [-0.15, -0.1) is 5.92 Å². The normalized spacial score (nSPS) is 17.1. The predicted octanol–water partition coefficient (Wildman–Crippen LogP) is 2.90. The lowest BCUT2D eigenvalue weighted by Gasteiger charge is -2.08. The first-order valence-electron chi connectivity index (χ1n) is 4.01. The van der Waals surface area contributed by atoms with Gasteiger partial charge in [-0.2, -0.15) is 0 Å².